The van der Waals surface area contributed by atoms with Gasteiger partial charge in [-0.15, -0.1) is 0 Å². The molecule has 12 rings (SSSR count). The molecule has 57 heavy (non-hydrogen) atoms. The lowest BCUT2D eigenvalue weighted by atomic mass is 9.85. The van der Waals surface area contributed by atoms with Crippen molar-refractivity contribution in [1.82, 2.24) is 9.55 Å². The smallest absolute Gasteiger partial charge is 0.0788 e. The lowest BCUT2D eigenvalue weighted by molar-refractivity contribution is 1.18. The van der Waals surface area contributed by atoms with E-state index in [0.717, 1.165) is 33.2 Å². The Morgan fingerprint density at radius 1 is 0.298 bits per heavy atom. The molecule has 0 aliphatic heterocycles. The molecule has 0 aliphatic rings. The third kappa shape index (κ3) is 4.87. The summed E-state index contributed by atoms with van der Waals surface area (Å²) in [6.07, 6.45) is 0. The molecule has 0 N–H and O–H groups in total. The second kappa shape index (κ2) is 12.5. The number of rotatable bonds is 4. The molecule has 0 bridgehead atoms. The van der Waals surface area contributed by atoms with Gasteiger partial charge in [-0.3, -0.25) is 0 Å². The molecule has 10 aromatic carbocycles. The standard InChI is InChI=1S/C55H34N2/c1-2-16-40(17-3-1)57-51-25-13-11-19-42(51)48-33-47-41-18-10-12-24-50(41)56-55(49(47)34-52(48)57)37-29-27-36(28-30-37)53-43-20-6-8-22-45(43)54(46-23-9-7-21-44(46)53)39-31-26-35-14-4-5-15-38(35)32-39/h1-34H. The Labute approximate surface area is 329 Å². The van der Waals surface area contributed by atoms with Crippen molar-refractivity contribution in [3.05, 3.63) is 206 Å². The van der Waals surface area contributed by atoms with E-state index >= 15 is 0 Å². The second-order valence-electron chi connectivity index (χ2n) is 15.1. The van der Waals surface area contributed by atoms with Gasteiger partial charge in [0.1, 0.15) is 0 Å². The lowest BCUT2D eigenvalue weighted by Crippen LogP contribution is -1.94. The largest absolute Gasteiger partial charge is 0.309 e. The quantitative estimate of drug-likeness (QED) is 0.131. The van der Waals surface area contributed by atoms with E-state index in [1.807, 2.05) is 0 Å². The summed E-state index contributed by atoms with van der Waals surface area (Å²) in [6.45, 7) is 0. The minimum Gasteiger partial charge on any atom is -0.309 e. The normalized spacial score (nSPS) is 11.9. The number of benzene rings is 10. The van der Waals surface area contributed by atoms with Gasteiger partial charge in [-0.05, 0) is 102 Å². The van der Waals surface area contributed by atoms with Crippen molar-refractivity contribution in [2.75, 3.05) is 0 Å². The number of nitrogens with zero attached hydrogens (tertiary/aromatic N) is 2. The molecular weight excluding hydrogens is 689 g/mol. The highest BCUT2D eigenvalue weighted by molar-refractivity contribution is 6.23. The Morgan fingerprint density at radius 3 is 1.56 bits per heavy atom. The summed E-state index contributed by atoms with van der Waals surface area (Å²) >= 11 is 0. The summed E-state index contributed by atoms with van der Waals surface area (Å²) in [7, 11) is 0. The highest BCUT2D eigenvalue weighted by Gasteiger charge is 2.20. The van der Waals surface area contributed by atoms with Crippen molar-refractivity contribution >= 4 is 75.8 Å². The van der Waals surface area contributed by atoms with Crippen molar-refractivity contribution < 1.29 is 0 Å². The second-order valence-corrected chi connectivity index (χ2v) is 15.1. The summed E-state index contributed by atoms with van der Waals surface area (Å²) in [5, 5.41) is 13.5. The number of pyridine rings is 1. The Hall–Kier alpha value is -7.55. The van der Waals surface area contributed by atoms with Crippen LogP contribution in [0.4, 0.5) is 0 Å². The van der Waals surface area contributed by atoms with E-state index in [2.05, 4.69) is 211 Å². The fraction of sp³-hybridized carbons (Fsp3) is 0. The number of para-hydroxylation sites is 3. The molecule has 0 radical (unpaired) electrons. The Bertz CT molecular complexity index is 3500. The van der Waals surface area contributed by atoms with Crippen LogP contribution in [-0.2, 0) is 0 Å². The van der Waals surface area contributed by atoms with E-state index in [1.165, 1.54) is 81.8 Å². The van der Waals surface area contributed by atoms with Crippen LogP contribution in [0.15, 0.2) is 206 Å². The zero-order valence-corrected chi connectivity index (χ0v) is 31.0. The fourth-order valence-corrected chi connectivity index (χ4v) is 9.38. The molecule has 12 aromatic rings. The minimum atomic E-state index is 0.989. The van der Waals surface area contributed by atoms with Crippen LogP contribution in [0.2, 0.25) is 0 Å². The van der Waals surface area contributed by atoms with Gasteiger partial charge in [0.05, 0.1) is 22.2 Å². The fourth-order valence-electron chi connectivity index (χ4n) is 9.38. The highest BCUT2D eigenvalue weighted by Crippen LogP contribution is 2.45. The molecule has 0 saturated carbocycles. The molecule has 0 amide bonds. The highest BCUT2D eigenvalue weighted by atomic mass is 15.0. The van der Waals surface area contributed by atoms with Crippen LogP contribution in [-0.4, -0.2) is 9.55 Å². The first kappa shape index (κ1) is 31.8. The summed E-state index contributed by atoms with van der Waals surface area (Å²) in [6, 6.07) is 75.1. The molecule has 0 unspecified atom stereocenters. The molecule has 0 spiro atoms. The van der Waals surface area contributed by atoms with E-state index in [4.69, 9.17) is 4.98 Å². The van der Waals surface area contributed by atoms with Crippen LogP contribution in [0, 0.1) is 0 Å². The maximum absolute atomic E-state index is 5.40. The van der Waals surface area contributed by atoms with Gasteiger partial charge in [0, 0.05) is 32.8 Å². The summed E-state index contributed by atoms with van der Waals surface area (Å²) in [5.74, 6) is 0. The average molecular weight is 723 g/mol. The van der Waals surface area contributed by atoms with Gasteiger partial charge < -0.3 is 4.57 Å². The first-order valence-electron chi connectivity index (χ1n) is 19.6. The van der Waals surface area contributed by atoms with Crippen LogP contribution in [0.25, 0.3) is 115 Å². The van der Waals surface area contributed by atoms with Crippen LogP contribution in [0.5, 0.6) is 0 Å². The van der Waals surface area contributed by atoms with E-state index < -0.39 is 0 Å². The maximum atomic E-state index is 5.40. The molecule has 2 nitrogen and oxygen atoms in total. The van der Waals surface area contributed by atoms with Crippen molar-refractivity contribution in [3.63, 3.8) is 0 Å². The first-order chi connectivity index (χ1) is 28.3. The SMILES string of the molecule is c1ccc(-n2c3ccccc3c3cc4c(cc32)c(-c2ccc(-c3c5ccccc5c(-c5ccc6ccccc6c5)c5ccccc35)cc2)nc2ccccc24)cc1. The third-order valence-electron chi connectivity index (χ3n) is 11.9. The number of hydrogen-bond donors (Lipinski definition) is 0. The van der Waals surface area contributed by atoms with Crippen LogP contribution in [0.3, 0.4) is 0 Å². The van der Waals surface area contributed by atoms with Crippen LogP contribution < -0.4 is 0 Å². The summed E-state index contributed by atoms with van der Waals surface area (Å²) < 4.78 is 2.39. The number of aromatic nitrogens is 2. The minimum absolute atomic E-state index is 0.989. The van der Waals surface area contributed by atoms with Crippen LogP contribution >= 0.6 is 0 Å². The molecule has 2 heterocycles. The molecular formula is C55H34N2. The van der Waals surface area contributed by atoms with Gasteiger partial charge in [-0.2, -0.15) is 0 Å². The number of fused-ring (bicyclic) bond motifs is 9. The molecule has 0 saturated heterocycles. The van der Waals surface area contributed by atoms with Gasteiger partial charge in [0.2, 0.25) is 0 Å². The first-order valence-corrected chi connectivity index (χ1v) is 19.6. The molecule has 2 heteroatoms. The zero-order valence-electron chi connectivity index (χ0n) is 31.0. The third-order valence-corrected chi connectivity index (χ3v) is 11.9. The van der Waals surface area contributed by atoms with Gasteiger partial charge in [-0.25, -0.2) is 4.98 Å². The predicted molar refractivity (Wildman–Crippen MR) is 242 cm³/mol. The topological polar surface area (TPSA) is 17.8 Å². The van der Waals surface area contributed by atoms with Crippen molar-refractivity contribution in [1.29, 1.82) is 0 Å². The van der Waals surface area contributed by atoms with Gasteiger partial charge >= 0.3 is 0 Å². The van der Waals surface area contributed by atoms with Gasteiger partial charge in [0.15, 0.2) is 0 Å². The van der Waals surface area contributed by atoms with Gasteiger partial charge in [0.25, 0.3) is 0 Å². The van der Waals surface area contributed by atoms with Gasteiger partial charge in [-0.1, -0.05) is 164 Å². The monoisotopic (exact) mass is 722 g/mol. The molecule has 2 aromatic heterocycles. The zero-order chi connectivity index (χ0) is 37.5. The summed E-state index contributed by atoms with van der Waals surface area (Å²) in [5.41, 5.74) is 11.6. The molecule has 264 valence electrons. The van der Waals surface area contributed by atoms with Crippen molar-refractivity contribution in [3.8, 4) is 39.2 Å². The Balaban J connectivity index is 1.08. The van der Waals surface area contributed by atoms with Crippen LogP contribution in [0.1, 0.15) is 0 Å². The van der Waals surface area contributed by atoms with E-state index in [9.17, 15) is 0 Å². The molecule has 0 fully saturated rings. The maximum Gasteiger partial charge on any atom is 0.0788 e. The average Bonchev–Trinajstić information content (AvgIpc) is 3.60. The summed E-state index contributed by atoms with van der Waals surface area (Å²) in [4.78, 5) is 5.40. The van der Waals surface area contributed by atoms with Crippen molar-refractivity contribution in [2.24, 2.45) is 0 Å². The molecule has 0 aliphatic carbocycles. The lowest BCUT2D eigenvalue weighted by Gasteiger charge is -2.18. The Kier molecular flexibility index (Phi) is 6.96. The Morgan fingerprint density at radius 2 is 0.842 bits per heavy atom. The van der Waals surface area contributed by atoms with E-state index in [0.29, 0.717) is 0 Å². The van der Waals surface area contributed by atoms with E-state index in [-0.39, 0.29) is 0 Å². The van der Waals surface area contributed by atoms with E-state index in [1.54, 1.807) is 0 Å². The molecule has 0 atom stereocenters. The predicted octanol–water partition coefficient (Wildman–Crippen LogP) is 14.9. The number of hydrogen-bond acceptors (Lipinski definition) is 1. The van der Waals surface area contributed by atoms with Crippen molar-refractivity contribution in [2.45, 2.75) is 0 Å².